The summed E-state index contributed by atoms with van der Waals surface area (Å²) in [6.07, 6.45) is 1.71. The predicted molar refractivity (Wildman–Crippen MR) is 128 cm³/mol. The molecule has 0 unspecified atom stereocenters. The van der Waals surface area contributed by atoms with Crippen LogP contribution in [0.5, 0.6) is 0 Å². The Balaban J connectivity index is 1.75. The fraction of sp³-hybridized carbons (Fsp3) is 0.0417. The van der Waals surface area contributed by atoms with E-state index in [0.717, 1.165) is 32.6 Å². The Labute approximate surface area is 189 Å². The van der Waals surface area contributed by atoms with E-state index in [1.54, 1.807) is 11.2 Å². The molecular weight excluding hydrogens is 460 g/mol. The van der Waals surface area contributed by atoms with Gasteiger partial charge in [-0.1, -0.05) is 88.2 Å². The van der Waals surface area contributed by atoms with Crippen LogP contribution in [0.15, 0.2) is 94.5 Å². The van der Waals surface area contributed by atoms with Crippen LogP contribution in [0.2, 0.25) is 5.02 Å². The van der Waals surface area contributed by atoms with E-state index in [1.807, 2.05) is 92.0 Å². The molecule has 0 aliphatic rings. The molecule has 3 aromatic carbocycles. The van der Waals surface area contributed by atoms with Gasteiger partial charge in [-0.2, -0.15) is 5.10 Å². The largest absolute Gasteiger partial charge is 0.247 e. The van der Waals surface area contributed by atoms with Crippen molar-refractivity contribution in [2.45, 2.75) is 0 Å². The van der Waals surface area contributed by atoms with Gasteiger partial charge in [0.2, 0.25) is 5.95 Å². The molecule has 0 aliphatic heterocycles. The lowest BCUT2D eigenvalue weighted by molar-refractivity contribution is 0.938. The first-order valence-corrected chi connectivity index (χ1v) is 10.5. The van der Waals surface area contributed by atoms with Crippen LogP contribution >= 0.6 is 27.5 Å². The van der Waals surface area contributed by atoms with Crippen molar-refractivity contribution in [2.24, 2.45) is 5.10 Å². The molecule has 0 radical (unpaired) electrons. The highest BCUT2D eigenvalue weighted by Crippen LogP contribution is 2.27. The summed E-state index contributed by atoms with van der Waals surface area (Å²) in [7, 11) is 1.82. The predicted octanol–water partition coefficient (Wildman–Crippen LogP) is 6.70. The molecule has 0 bridgehead atoms. The zero-order valence-electron chi connectivity index (χ0n) is 16.2. The fourth-order valence-electron chi connectivity index (χ4n) is 2.88. The molecule has 0 atom stereocenters. The van der Waals surface area contributed by atoms with Crippen LogP contribution in [0.3, 0.4) is 0 Å². The number of hydrogen-bond donors (Lipinski definition) is 0. The second-order valence-corrected chi connectivity index (χ2v) is 7.92. The number of halogens is 2. The molecule has 0 saturated heterocycles. The molecule has 148 valence electrons. The van der Waals surface area contributed by atoms with Gasteiger partial charge in [0, 0.05) is 33.2 Å². The summed E-state index contributed by atoms with van der Waals surface area (Å²) in [6.45, 7) is 0. The van der Waals surface area contributed by atoms with Crippen molar-refractivity contribution in [2.75, 3.05) is 12.1 Å². The number of benzene rings is 3. The van der Waals surface area contributed by atoms with Crippen LogP contribution in [0.4, 0.5) is 5.95 Å². The smallest absolute Gasteiger partial charge is 0.235 e. The maximum absolute atomic E-state index is 6.23. The molecule has 4 nitrogen and oxygen atoms in total. The molecule has 0 fully saturated rings. The van der Waals surface area contributed by atoms with Gasteiger partial charge in [0.25, 0.3) is 0 Å². The van der Waals surface area contributed by atoms with Gasteiger partial charge in [0.1, 0.15) is 0 Å². The third-order valence-corrected chi connectivity index (χ3v) is 5.36. The molecule has 6 heteroatoms. The molecule has 0 amide bonds. The van der Waals surface area contributed by atoms with Gasteiger partial charge in [-0.05, 0) is 24.3 Å². The molecule has 0 N–H and O–H groups in total. The van der Waals surface area contributed by atoms with Crippen molar-refractivity contribution in [3.8, 4) is 22.5 Å². The Morgan fingerprint density at radius 2 is 1.43 bits per heavy atom. The number of rotatable bonds is 5. The number of nitrogens with zero attached hydrogens (tertiary/aromatic N) is 4. The van der Waals surface area contributed by atoms with Crippen molar-refractivity contribution in [1.29, 1.82) is 0 Å². The molecule has 1 aromatic heterocycles. The molecule has 4 rings (SSSR count). The van der Waals surface area contributed by atoms with E-state index in [-0.39, 0.29) is 0 Å². The van der Waals surface area contributed by atoms with E-state index >= 15 is 0 Å². The summed E-state index contributed by atoms with van der Waals surface area (Å²) in [5.74, 6) is 0.498. The number of hydrogen-bond acceptors (Lipinski definition) is 4. The van der Waals surface area contributed by atoms with Crippen molar-refractivity contribution in [3.63, 3.8) is 0 Å². The Bertz CT molecular complexity index is 1180. The topological polar surface area (TPSA) is 41.4 Å². The van der Waals surface area contributed by atoms with E-state index in [1.165, 1.54) is 0 Å². The molecule has 1 heterocycles. The van der Waals surface area contributed by atoms with Crippen molar-refractivity contribution in [1.82, 2.24) is 9.97 Å². The minimum atomic E-state index is 0.498. The standard InChI is InChI=1S/C24H18BrClN4/c1-30(27-16-19-9-5-6-10-21(19)26)24-28-22(17-7-3-2-4-8-17)15-23(29-24)18-11-13-20(25)14-12-18/h2-16H,1H3/b27-16-. The highest BCUT2D eigenvalue weighted by atomic mass is 79.9. The number of aromatic nitrogens is 2. The second kappa shape index (κ2) is 9.20. The lowest BCUT2D eigenvalue weighted by Crippen LogP contribution is -2.13. The van der Waals surface area contributed by atoms with Crippen molar-refractivity contribution >= 4 is 39.7 Å². The number of hydrazone groups is 1. The summed E-state index contributed by atoms with van der Waals surface area (Å²) in [5.41, 5.74) is 4.51. The lowest BCUT2D eigenvalue weighted by Gasteiger charge is -2.14. The zero-order valence-corrected chi connectivity index (χ0v) is 18.5. The third-order valence-electron chi connectivity index (χ3n) is 4.49. The van der Waals surface area contributed by atoms with Crippen LogP contribution in [0.1, 0.15) is 5.56 Å². The first-order chi connectivity index (χ1) is 14.6. The lowest BCUT2D eigenvalue weighted by atomic mass is 10.1. The molecule has 0 saturated carbocycles. The third kappa shape index (κ3) is 4.75. The molecule has 30 heavy (non-hydrogen) atoms. The van der Waals surface area contributed by atoms with Gasteiger partial charge < -0.3 is 0 Å². The van der Waals surface area contributed by atoms with Crippen molar-refractivity contribution in [3.05, 3.63) is 100.0 Å². The Hall–Kier alpha value is -3.02. The normalized spacial score (nSPS) is 11.0. The zero-order chi connectivity index (χ0) is 20.9. The summed E-state index contributed by atoms with van der Waals surface area (Å²) in [6, 6.07) is 27.6. The highest BCUT2D eigenvalue weighted by Gasteiger charge is 2.11. The number of anilines is 1. The minimum absolute atomic E-state index is 0.498. The first-order valence-electron chi connectivity index (χ1n) is 9.33. The van der Waals surface area contributed by atoms with Crippen LogP contribution in [-0.4, -0.2) is 23.2 Å². The maximum atomic E-state index is 6.23. The Morgan fingerprint density at radius 1 is 0.833 bits per heavy atom. The van der Waals surface area contributed by atoms with Crippen molar-refractivity contribution < 1.29 is 0 Å². The quantitative estimate of drug-likeness (QED) is 0.237. The van der Waals surface area contributed by atoms with Gasteiger partial charge in [-0.15, -0.1) is 0 Å². The van der Waals surface area contributed by atoms with Gasteiger partial charge >= 0.3 is 0 Å². The summed E-state index contributed by atoms with van der Waals surface area (Å²) < 4.78 is 1.02. The fourth-order valence-corrected chi connectivity index (χ4v) is 3.33. The van der Waals surface area contributed by atoms with Gasteiger partial charge in [-0.25, -0.2) is 15.0 Å². The van der Waals surface area contributed by atoms with E-state index in [2.05, 4.69) is 21.0 Å². The summed E-state index contributed by atoms with van der Waals surface area (Å²) in [4.78, 5) is 9.49. The Morgan fingerprint density at radius 3 is 2.10 bits per heavy atom. The maximum Gasteiger partial charge on any atom is 0.247 e. The monoisotopic (exact) mass is 476 g/mol. The van der Waals surface area contributed by atoms with Crippen LogP contribution in [0.25, 0.3) is 22.5 Å². The van der Waals surface area contributed by atoms with E-state index in [9.17, 15) is 0 Å². The van der Waals surface area contributed by atoms with Crippen LogP contribution < -0.4 is 5.01 Å². The summed E-state index contributed by atoms with van der Waals surface area (Å²) >= 11 is 9.72. The summed E-state index contributed by atoms with van der Waals surface area (Å²) in [5, 5.41) is 6.79. The second-order valence-electron chi connectivity index (χ2n) is 6.60. The average molecular weight is 478 g/mol. The minimum Gasteiger partial charge on any atom is -0.235 e. The highest BCUT2D eigenvalue weighted by molar-refractivity contribution is 9.10. The van der Waals surface area contributed by atoms with Gasteiger partial charge in [0.15, 0.2) is 0 Å². The Kier molecular flexibility index (Phi) is 6.21. The molecule has 0 spiro atoms. The SMILES string of the molecule is CN(/N=C\c1ccccc1Cl)c1nc(-c2ccccc2)cc(-c2ccc(Br)cc2)n1. The van der Waals surface area contributed by atoms with E-state index in [4.69, 9.17) is 21.6 Å². The van der Waals surface area contributed by atoms with E-state index < -0.39 is 0 Å². The molecule has 0 aliphatic carbocycles. The van der Waals surface area contributed by atoms with Gasteiger partial charge in [0.05, 0.1) is 17.6 Å². The van der Waals surface area contributed by atoms with Crippen LogP contribution in [-0.2, 0) is 0 Å². The average Bonchev–Trinajstić information content (AvgIpc) is 2.79. The van der Waals surface area contributed by atoms with Gasteiger partial charge in [-0.3, -0.25) is 0 Å². The van der Waals surface area contributed by atoms with Crippen LogP contribution in [0, 0.1) is 0 Å². The molecular formula is C24H18BrClN4. The van der Waals surface area contributed by atoms with E-state index in [0.29, 0.717) is 11.0 Å². The first kappa shape index (κ1) is 20.3. The molecule has 4 aromatic rings.